The lowest BCUT2D eigenvalue weighted by molar-refractivity contribution is 0.666. The van der Waals surface area contributed by atoms with Gasteiger partial charge < -0.3 is 10.3 Å². The lowest BCUT2D eigenvalue weighted by atomic mass is 10.1. The molecule has 0 bridgehead atoms. The molecular weight excluding hydrogens is 280 g/mol. The highest BCUT2D eigenvalue weighted by molar-refractivity contribution is 7.12. The van der Waals surface area contributed by atoms with Crippen LogP contribution in [0.15, 0.2) is 24.3 Å². The van der Waals surface area contributed by atoms with Gasteiger partial charge in [-0.2, -0.15) is 5.26 Å². The summed E-state index contributed by atoms with van der Waals surface area (Å²) in [5.74, 6) is 0.448. The van der Waals surface area contributed by atoms with Crippen molar-refractivity contribution in [2.45, 2.75) is 26.8 Å². The van der Waals surface area contributed by atoms with Crippen LogP contribution in [0.2, 0.25) is 0 Å². The number of anilines is 1. The van der Waals surface area contributed by atoms with Crippen LogP contribution in [0.3, 0.4) is 0 Å². The maximum absolute atomic E-state index is 9.20. The van der Waals surface area contributed by atoms with Crippen LogP contribution in [0.5, 0.6) is 0 Å². The monoisotopic (exact) mass is 296 g/mol. The van der Waals surface area contributed by atoms with Crippen molar-refractivity contribution in [1.82, 2.24) is 9.55 Å². The molecule has 1 atom stereocenters. The molecule has 0 aliphatic heterocycles. The van der Waals surface area contributed by atoms with Crippen LogP contribution in [-0.2, 0) is 0 Å². The molecule has 3 aromatic rings. The topological polar surface area (TPSA) is 67.6 Å². The third-order valence-corrected chi connectivity index (χ3v) is 4.77. The molecule has 3 rings (SSSR count). The molecule has 2 heterocycles. The van der Waals surface area contributed by atoms with Crippen molar-refractivity contribution in [3.8, 4) is 6.07 Å². The zero-order valence-corrected chi connectivity index (χ0v) is 13.0. The summed E-state index contributed by atoms with van der Waals surface area (Å²) in [5.41, 5.74) is 9.51. The summed E-state index contributed by atoms with van der Waals surface area (Å²) in [4.78, 5) is 6.97. The average molecular weight is 296 g/mol. The van der Waals surface area contributed by atoms with Crippen LogP contribution in [0.25, 0.3) is 11.0 Å². The number of aromatic nitrogens is 2. The van der Waals surface area contributed by atoms with E-state index in [0.29, 0.717) is 17.0 Å². The van der Waals surface area contributed by atoms with E-state index in [2.05, 4.69) is 37.9 Å². The fraction of sp³-hybridized carbons (Fsp3) is 0.250. The Bertz CT molecular complexity index is 866. The summed E-state index contributed by atoms with van der Waals surface area (Å²) < 4.78 is 2.00. The second-order valence-electron chi connectivity index (χ2n) is 5.17. The van der Waals surface area contributed by atoms with Gasteiger partial charge in [0.05, 0.1) is 17.1 Å². The Balaban J connectivity index is 2.23. The number of fused-ring (bicyclic) bond motifs is 1. The molecule has 21 heavy (non-hydrogen) atoms. The van der Waals surface area contributed by atoms with E-state index in [0.717, 1.165) is 5.52 Å². The van der Waals surface area contributed by atoms with Gasteiger partial charge in [-0.25, -0.2) is 4.98 Å². The SMILES string of the molecule is Cc1cc(C(C)n2c(N)nc3c(C#N)cccc32)c(C)s1. The summed E-state index contributed by atoms with van der Waals surface area (Å²) in [6.07, 6.45) is 0. The lowest BCUT2D eigenvalue weighted by Crippen LogP contribution is -2.10. The van der Waals surface area contributed by atoms with E-state index in [1.165, 1.54) is 15.3 Å². The van der Waals surface area contributed by atoms with Crippen LogP contribution in [0.4, 0.5) is 5.95 Å². The zero-order valence-electron chi connectivity index (χ0n) is 12.2. The van der Waals surface area contributed by atoms with Gasteiger partial charge in [0.15, 0.2) is 0 Å². The smallest absolute Gasteiger partial charge is 0.201 e. The van der Waals surface area contributed by atoms with E-state index in [4.69, 9.17) is 5.73 Å². The number of hydrogen-bond acceptors (Lipinski definition) is 4. The predicted molar refractivity (Wildman–Crippen MR) is 86.5 cm³/mol. The molecule has 0 saturated carbocycles. The minimum Gasteiger partial charge on any atom is -0.369 e. The number of thiophene rings is 1. The molecule has 0 fully saturated rings. The number of benzene rings is 1. The number of rotatable bonds is 2. The lowest BCUT2D eigenvalue weighted by Gasteiger charge is -2.16. The molecule has 0 saturated heterocycles. The van der Waals surface area contributed by atoms with Gasteiger partial charge in [-0.1, -0.05) is 6.07 Å². The minimum absolute atomic E-state index is 0.0916. The predicted octanol–water partition coefficient (Wildman–Crippen LogP) is 3.78. The summed E-state index contributed by atoms with van der Waals surface area (Å²) in [7, 11) is 0. The molecule has 106 valence electrons. The number of nitrogens with zero attached hydrogens (tertiary/aromatic N) is 3. The molecular formula is C16H16N4S. The van der Waals surface area contributed by atoms with Gasteiger partial charge in [-0.05, 0) is 44.5 Å². The first-order chi connectivity index (χ1) is 10.0. The van der Waals surface area contributed by atoms with Gasteiger partial charge in [0, 0.05) is 9.75 Å². The van der Waals surface area contributed by atoms with Crippen LogP contribution in [-0.4, -0.2) is 9.55 Å². The third-order valence-electron chi connectivity index (χ3n) is 3.78. The van der Waals surface area contributed by atoms with Crippen LogP contribution in [0.1, 0.15) is 33.8 Å². The Hall–Kier alpha value is -2.32. The highest BCUT2D eigenvalue weighted by Gasteiger charge is 2.19. The van der Waals surface area contributed by atoms with Crippen molar-refractivity contribution in [1.29, 1.82) is 5.26 Å². The first kappa shape index (κ1) is 13.7. The molecule has 0 aliphatic rings. The second kappa shape index (κ2) is 4.90. The number of aryl methyl sites for hydroxylation is 2. The molecule has 2 aromatic heterocycles. The van der Waals surface area contributed by atoms with Crippen molar-refractivity contribution >= 4 is 28.3 Å². The van der Waals surface area contributed by atoms with E-state index >= 15 is 0 Å². The minimum atomic E-state index is 0.0916. The first-order valence-corrected chi connectivity index (χ1v) is 7.58. The largest absolute Gasteiger partial charge is 0.369 e. The van der Waals surface area contributed by atoms with Crippen molar-refractivity contribution < 1.29 is 0 Å². The number of nitrogens with two attached hydrogens (primary N) is 1. The van der Waals surface area contributed by atoms with Crippen LogP contribution in [0, 0.1) is 25.2 Å². The molecule has 0 radical (unpaired) electrons. The Kier molecular flexibility index (Phi) is 3.19. The quantitative estimate of drug-likeness (QED) is 0.782. The Morgan fingerprint density at radius 2 is 2.14 bits per heavy atom. The van der Waals surface area contributed by atoms with E-state index < -0.39 is 0 Å². The molecule has 2 N–H and O–H groups in total. The maximum Gasteiger partial charge on any atom is 0.201 e. The Labute approximate surface area is 127 Å². The summed E-state index contributed by atoms with van der Waals surface area (Å²) in [6.45, 7) is 6.35. The van der Waals surface area contributed by atoms with Crippen molar-refractivity contribution in [3.05, 3.63) is 45.1 Å². The van der Waals surface area contributed by atoms with Gasteiger partial charge in [-0.3, -0.25) is 0 Å². The van der Waals surface area contributed by atoms with E-state index in [-0.39, 0.29) is 6.04 Å². The van der Waals surface area contributed by atoms with Crippen LogP contribution < -0.4 is 5.73 Å². The fourth-order valence-corrected chi connectivity index (χ4v) is 3.85. The Morgan fingerprint density at radius 1 is 1.38 bits per heavy atom. The van der Waals surface area contributed by atoms with Gasteiger partial charge in [0.25, 0.3) is 0 Å². The number of hydrogen-bond donors (Lipinski definition) is 1. The standard InChI is InChI=1S/C16H16N4S/c1-9-7-13(11(3)21-9)10(2)20-14-6-4-5-12(8-17)15(14)19-16(20)18/h4-7,10H,1-3H3,(H2,18,19). The van der Waals surface area contributed by atoms with Gasteiger partial charge in [0.1, 0.15) is 11.6 Å². The van der Waals surface area contributed by atoms with E-state index in [1.54, 1.807) is 17.4 Å². The number of nitriles is 1. The molecule has 0 amide bonds. The molecule has 4 nitrogen and oxygen atoms in total. The second-order valence-corrected chi connectivity index (χ2v) is 6.63. The van der Waals surface area contributed by atoms with Crippen LogP contribution >= 0.6 is 11.3 Å². The zero-order chi connectivity index (χ0) is 15.1. The van der Waals surface area contributed by atoms with Gasteiger partial charge in [0.2, 0.25) is 5.95 Å². The normalized spacial score (nSPS) is 12.5. The fourth-order valence-electron chi connectivity index (χ4n) is 2.84. The van der Waals surface area contributed by atoms with Crippen molar-refractivity contribution in [2.24, 2.45) is 0 Å². The van der Waals surface area contributed by atoms with E-state index in [1.807, 2.05) is 16.7 Å². The number of imidazole rings is 1. The average Bonchev–Trinajstić information content (AvgIpc) is 2.96. The summed E-state index contributed by atoms with van der Waals surface area (Å²) in [6, 6.07) is 10.1. The third kappa shape index (κ3) is 2.08. The van der Waals surface area contributed by atoms with Crippen molar-refractivity contribution in [3.63, 3.8) is 0 Å². The summed E-state index contributed by atoms with van der Waals surface area (Å²) >= 11 is 1.79. The summed E-state index contributed by atoms with van der Waals surface area (Å²) in [5, 5.41) is 9.20. The Morgan fingerprint density at radius 3 is 2.76 bits per heavy atom. The first-order valence-electron chi connectivity index (χ1n) is 6.76. The molecule has 5 heteroatoms. The maximum atomic E-state index is 9.20. The van der Waals surface area contributed by atoms with E-state index in [9.17, 15) is 5.26 Å². The number of para-hydroxylation sites is 1. The molecule has 0 spiro atoms. The molecule has 0 aliphatic carbocycles. The van der Waals surface area contributed by atoms with Gasteiger partial charge >= 0.3 is 0 Å². The number of nitrogen functional groups attached to an aromatic ring is 1. The molecule has 1 aromatic carbocycles. The van der Waals surface area contributed by atoms with Gasteiger partial charge in [-0.15, -0.1) is 11.3 Å². The molecule has 1 unspecified atom stereocenters. The highest BCUT2D eigenvalue weighted by Crippen LogP contribution is 2.33. The highest BCUT2D eigenvalue weighted by atomic mass is 32.1. The van der Waals surface area contributed by atoms with Crippen molar-refractivity contribution in [2.75, 3.05) is 5.73 Å².